The van der Waals surface area contributed by atoms with Crippen LogP contribution in [0.1, 0.15) is 11.1 Å². The highest BCUT2D eigenvalue weighted by Crippen LogP contribution is 2.19. The molecular formula is C12H12FNO. The zero-order valence-corrected chi connectivity index (χ0v) is 8.97. The molecule has 1 heterocycles. The molecule has 0 bridgehead atoms. The minimum Gasteiger partial charge on any atom is -0.311 e. The number of nitrogens with zero attached hydrogens (tertiary/aromatic N) is 1. The van der Waals surface area contributed by atoms with E-state index in [0.29, 0.717) is 11.1 Å². The molecular weight excluding hydrogens is 193 g/mol. The van der Waals surface area contributed by atoms with E-state index in [1.807, 2.05) is 6.92 Å². The number of halogens is 1. The highest BCUT2D eigenvalue weighted by Gasteiger charge is 2.06. The average molecular weight is 205 g/mol. The highest BCUT2D eigenvalue weighted by molar-refractivity contribution is 5.83. The van der Waals surface area contributed by atoms with Gasteiger partial charge in [-0.3, -0.25) is 4.79 Å². The minimum atomic E-state index is -0.275. The van der Waals surface area contributed by atoms with Gasteiger partial charge < -0.3 is 4.57 Å². The third-order valence-electron chi connectivity index (χ3n) is 2.73. The molecule has 1 aromatic heterocycles. The van der Waals surface area contributed by atoms with Crippen molar-refractivity contribution in [1.29, 1.82) is 0 Å². The van der Waals surface area contributed by atoms with Crippen LogP contribution >= 0.6 is 0 Å². The van der Waals surface area contributed by atoms with Crippen molar-refractivity contribution < 1.29 is 4.39 Å². The largest absolute Gasteiger partial charge is 0.311 e. The van der Waals surface area contributed by atoms with Crippen LogP contribution in [-0.2, 0) is 7.05 Å². The van der Waals surface area contributed by atoms with Gasteiger partial charge in [-0.2, -0.15) is 0 Å². The van der Waals surface area contributed by atoms with E-state index in [1.165, 1.54) is 10.6 Å². The number of hydrogen-bond donors (Lipinski definition) is 0. The van der Waals surface area contributed by atoms with E-state index >= 15 is 0 Å². The van der Waals surface area contributed by atoms with Gasteiger partial charge in [0.05, 0.1) is 5.52 Å². The van der Waals surface area contributed by atoms with Crippen molar-refractivity contribution in [3.05, 3.63) is 45.5 Å². The second-order valence-corrected chi connectivity index (χ2v) is 3.84. The van der Waals surface area contributed by atoms with E-state index in [0.717, 1.165) is 10.9 Å². The van der Waals surface area contributed by atoms with Crippen molar-refractivity contribution in [3.63, 3.8) is 0 Å². The molecule has 0 saturated carbocycles. The molecule has 0 aliphatic carbocycles. The van der Waals surface area contributed by atoms with Crippen molar-refractivity contribution in [2.24, 2.45) is 7.05 Å². The molecule has 0 unspecified atom stereocenters. The molecule has 2 nitrogen and oxygen atoms in total. The van der Waals surface area contributed by atoms with E-state index in [1.54, 1.807) is 26.1 Å². The summed E-state index contributed by atoms with van der Waals surface area (Å²) in [6, 6.07) is 4.76. The Balaban J connectivity index is 3.04. The number of aryl methyl sites for hydroxylation is 3. The van der Waals surface area contributed by atoms with Gasteiger partial charge in [0.1, 0.15) is 5.82 Å². The minimum absolute atomic E-state index is 0.108. The highest BCUT2D eigenvalue weighted by atomic mass is 19.1. The summed E-state index contributed by atoms with van der Waals surface area (Å²) in [7, 11) is 1.65. The van der Waals surface area contributed by atoms with Gasteiger partial charge in [0.2, 0.25) is 0 Å². The Morgan fingerprint density at radius 1 is 1.13 bits per heavy atom. The quantitative estimate of drug-likeness (QED) is 0.646. The Bertz CT molecular complexity index is 599. The van der Waals surface area contributed by atoms with Gasteiger partial charge in [-0.15, -0.1) is 0 Å². The lowest BCUT2D eigenvalue weighted by Gasteiger charge is -2.08. The summed E-state index contributed by atoms with van der Waals surface area (Å²) in [6.07, 6.45) is 0. The third kappa shape index (κ3) is 1.44. The summed E-state index contributed by atoms with van der Waals surface area (Å²) in [5.41, 5.74) is 2.02. The molecule has 0 radical (unpaired) electrons. The maximum atomic E-state index is 13.4. The molecule has 3 heteroatoms. The summed E-state index contributed by atoms with van der Waals surface area (Å²) < 4.78 is 14.8. The lowest BCUT2D eigenvalue weighted by molar-refractivity contribution is 0.619. The van der Waals surface area contributed by atoms with E-state index in [4.69, 9.17) is 0 Å². The van der Waals surface area contributed by atoms with Crippen LogP contribution in [0.2, 0.25) is 0 Å². The fourth-order valence-electron chi connectivity index (χ4n) is 1.74. The predicted molar refractivity (Wildman–Crippen MR) is 58.6 cm³/mol. The zero-order valence-electron chi connectivity index (χ0n) is 8.97. The van der Waals surface area contributed by atoms with E-state index < -0.39 is 0 Å². The molecule has 0 N–H and O–H groups in total. The molecule has 0 amide bonds. The monoisotopic (exact) mass is 205 g/mol. The average Bonchev–Trinajstić information content (AvgIpc) is 2.18. The number of pyridine rings is 1. The first-order chi connectivity index (χ1) is 7.00. The Hall–Kier alpha value is -1.64. The smallest absolute Gasteiger partial charge is 0.251 e. The molecule has 1 aromatic carbocycles. The Morgan fingerprint density at radius 3 is 2.47 bits per heavy atom. The second-order valence-electron chi connectivity index (χ2n) is 3.84. The van der Waals surface area contributed by atoms with Crippen LogP contribution in [0.15, 0.2) is 23.0 Å². The SMILES string of the molecule is Cc1cc2c(C)cc(=O)n(C)c2cc1F. The Morgan fingerprint density at radius 2 is 1.80 bits per heavy atom. The maximum Gasteiger partial charge on any atom is 0.251 e. The van der Waals surface area contributed by atoms with Crippen molar-refractivity contribution in [2.45, 2.75) is 13.8 Å². The van der Waals surface area contributed by atoms with Gasteiger partial charge in [0.25, 0.3) is 5.56 Å². The molecule has 0 aliphatic rings. The van der Waals surface area contributed by atoms with Crippen molar-refractivity contribution in [3.8, 4) is 0 Å². The van der Waals surface area contributed by atoms with Gasteiger partial charge >= 0.3 is 0 Å². The number of benzene rings is 1. The lowest BCUT2D eigenvalue weighted by atomic mass is 10.1. The summed E-state index contributed by atoms with van der Waals surface area (Å²) in [5, 5.41) is 0.927. The normalized spacial score (nSPS) is 10.9. The van der Waals surface area contributed by atoms with Crippen LogP contribution in [0.3, 0.4) is 0 Å². The van der Waals surface area contributed by atoms with Crippen molar-refractivity contribution in [1.82, 2.24) is 4.57 Å². The van der Waals surface area contributed by atoms with Gasteiger partial charge in [0, 0.05) is 18.5 Å². The van der Waals surface area contributed by atoms with Crippen LogP contribution in [0.5, 0.6) is 0 Å². The van der Waals surface area contributed by atoms with Crippen LogP contribution < -0.4 is 5.56 Å². The van der Waals surface area contributed by atoms with Crippen LogP contribution in [0.25, 0.3) is 10.9 Å². The van der Waals surface area contributed by atoms with E-state index in [2.05, 4.69) is 0 Å². The molecule has 2 aromatic rings. The standard InChI is InChI=1S/C12H12FNO/c1-7-5-12(15)14(3)11-6-10(13)8(2)4-9(7)11/h4-6H,1-3H3. The molecule has 15 heavy (non-hydrogen) atoms. The van der Waals surface area contributed by atoms with Crippen molar-refractivity contribution >= 4 is 10.9 Å². The molecule has 0 saturated heterocycles. The lowest BCUT2D eigenvalue weighted by Crippen LogP contribution is -2.16. The molecule has 78 valence electrons. The molecule has 0 spiro atoms. The number of fused-ring (bicyclic) bond motifs is 1. The fourth-order valence-corrected chi connectivity index (χ4v) is 1.74. The van der Waals surface area contributed by atoms with Crippen LogP contribution in [0, 0.1) is 19.7 Å². The predicted octanol–water partition coefficient (Wildman–Crippen LogP) is 2.29. The first-order valence-corrected chi connectivity index (χ1v) is 4.77. The topological polar surface area (TPSA) is 22.0 Å². The van der Waals surface area contributed by atoms with Gasteiger partial charge in [-0.25, -0.2) is 4.39 Å². The number of rotatable bonds is 0. The number of hydrogen-bond acceptors (Lipinski definition) is 1. The fraction of sp³-hybridized carbons (Fsp3) is 0.250. The Labute approximate surface area is 87.0 Å². The van der Waals surface area contributed by atoms with Gasteiger partial charge in [-0.1, -0.05) is 0 Å². The zero-order chi connectivity index (χ0) is 11.2. The second kappa shape index (κ2) is 3.19. The first kappa shape index (κ1) is 9.90. The maximum absolute atomic E-state index is 13.4. The number of aromatic nitrogens is 1. The Kier molecular flexibility index (Phi) is 2.11. The summed E-state index contributed by atoms with van der Waals surface area (Å²) in [5.74, 6) is -0.275. The van der Waals surface area contributed by atoms with E-state index in [9.17, 15) is 9.18 Å². The molecule has 2 rings (SSSR count). The molecule has 0 fully saturated rings. The van der Waals surface area contributed by atoms with Crippen LogP contribution in [0.4, 0.5) is 4.39 Å². The van der Waals surface area contributed by atoms with Gasteiger partial charge in [-0.05, 0) is 37.1 Å². The third-order valence-corrected chi connectivity index (χ3v) is 2.73. The van der Waals surface area contributed by atoms with E-state index in [-0.39, 0.29) is 11.4 Å². The van der Waals surface area contributed by atoms with Crippen molar-refractivity contribution in [2.75, 3.05) is 0 Å². The summed E-state index contributed by atoms with van der Waals surface area (Å²) >= 11 is 0. The molecule has 0 aliphatic heterocycles. The molecule has 0 atom stereocenters. The summed E-state index contributed by atoms with van der Waals surface area (Å²) in [6.45, 7) is 3.58. The van der Waals surface area contributed by atoms with Gasteiger partial charge in [0.15, 0.2) is 0 Å². The van der Waals surface area contributed by atoms with Crippen LogP contribution in [-0.4, -0.2) is 4.57 Å². The summed E-state index contributed by atoms with van der Waals surface area (Å²) in [4.78, 5) is 11.5. The first-order valence-electron chi connectivity index (χ1n) is 4.77.